The topological polar surface area (TPSA) is 42.7 Å². The summed E-state index contributed by atoms with van der Waals surface area (Å²) in [5.74, 6) is 0.940. The maximum atomic E-state index is 12.4. The number of hydrogen-bond acceptors (Lipinski definition) is 4. The van der Waals surface area contributed by atoms with E-state index >= 15 is 0 Å². The number of halogens is 1. The Hall–Kier alpha value is -3.08. The lowest BCUT2D eigenvalue weighted by molar-refractivity contribution is 0.0910. The van der Waals surface area contributed by atoms with Crippen LogP contribution < -0.4 is 10.4 Å². The van der Waals surface area contributed by atoms with E-state index in [1.807, 2.05) is 42.5 Å². The van der Waals surface area contributed by atoms with Crippen molar-refractivity contribution < 1.29 is 9.15 Å². The molecule has 0 fully saturated rings. The summed E-state index contributed by atoms with van der Waals surface area (Å²) in [4.78, 5) is 14.7. The zero-order valence-electron chi connectivity index (χ0n) is 17.2. The first-order chi connectivity index (χ1) is 15.1. The number of nitrogens with zero attached hydrogens (tertiary/aromatic N) is 1. The molecular weight excluding hydrogens is 410 g/mol. The van der Waals surface area contributed by atoms with Gasteiger partial charge in [-0.1, -0.05) is 79.2 Å². The van der Waals surface area contributed by atoms with Gasteiger partial charge in [0.1, 0.15) is 18.1 Å². The van der Waals surface area contributed by atoms with Crippen molar-refractivity contribution >= 4 is 22.6 Å². The Labute approximate surface area is 185 Å². The van der Waals surface area contributed by atoms with Crippen LogP contribution in [0.4, 0.5) is 0 Å². The zero-order valence-corrected chi connectivity index (χ0v) is 17.9. The third-order valence-electron chi connectivity index (χ3n) is 5.79. The second-order valence-corrected chi connectivity index (χ2v) is 8.39. The smallest absolute Gasteiger partial charge is 0.336 e. The maximum absolute atomic E-state index is 12.4. The van der Waals surface area contributed by atoms with Crippen molar-refractivity contribution in [2.45, 2.75) is 19.4 Å². The second kappa shape index (κ2) is 8.22. The van der Waals surface area contributed by atoms with Crippen LogP contribution in [-0.2, 0) is 6.54 Å². The van der Waals surface area contributed by atoms with E-state index in [1.54, 1.807) is 0 Å². The molecule has 0 radical (unpaired) electrons. The molecule has 5 heteroatoms. The van der Waals surface area contributed by atoms with Gasteiger partial charge in [-0.2, -0.15) is 0 Å². The van der Waals surface area contributed by atoms with Crippen LogP contribution in [-0.4, -0.2) is 18.2 Å². The van der Waals surface area contributed by atoms with Gasteiger partial charge in [-0.3, -0.25) is 4.90 Å². The normalized spacial score (nSPS) is 14.8. The maximum Gasteiger partial charge on any atom is 0.336 e. The van der Waals surface area contributed by atoms with Crippen molar-refractivity contribution in [1.82, 2.24) is 4.90 Å². The molecule has 0 bridgehead atoms. The quantitative estimate of drug-likeness (QED) is 0.368. The average molecular weight is 432 g/mol. The van der Waals surface area contributed by atoms with Crippen LogP contribution in [0.25, 0.3) is 22.1 Å². The van der Waals surface area contributed by atoms with Gasteiger partial charge >= 0.3 is 5.63 Å². The van der Waals surface area contributed by atoms with E-state index in [-0.39, 0.29) is 5.63 Å². The molecule has 1 aliphatic heterocycles. The van der Waals surface area contributed by atoms with E-state index in [4.69, 9.17) is 20.8 Å². The van der Waals surface area contributed by atoms with Crippen molar-refractivity contribution in [3.8, 4) is 16.9 Å². The fraction of sp³-hybridized carbons (Fsp3) is 0.192. The minimum atomic E-state index is -0.384. The lowest BCUT2D eigenvalue weighted by Crippen LogP contribution is -2.35. The van der Waals surface area contributed by atoms with Gasteiger partial charge in [0, 0.05) is 24.5 Å². The number of benzene rings is 3. The first kappa shape index (κ1) is 19.9. The lowest BCUT2D eigenvalue weighted by atomic mass is 9.98. The Balaban J connectivity index is 1.56. The van der Waals surface area contributed by atoms with Crippen LogP contribution >= 0.6 is 11.6 Å². The van der Waals surface area contributed by atoms with Crippen molar-refractivity contribution in [3.63, 3.8) is 0 Å². The summed E-state index contributed by atoms with van der Waals surface area (Å²) >= 11 is 6.61. The van der Waals surface area contributed by atoms with Crippen molar-refractivity contribution in [2.24, 2.45) is 0 Å². The molecule has 0 saturated heterocycles. The SMILES string of the molecule is CC(CN1COc2c(Cl)cc3c(-c4ccccc4)cc(=O)oc3c2C1)c1ccccc1. The van der Waals surface area contributed by atoms with Gasteiger partial charge in [0.05, 0.1) is 10.6 Å². The summed E-state index contributed by atoms with van der Waals surface area (Å²) in [6.45, 7) is 4.07. The van der Waals surface area contributed by atoms with E-state index < -0.39 is 0 Å². The molecule has 5 rings (SSSR count). The molecule has 156 valence electrons. The van der Waals surface area contributed by atoms with Gasteiger partial charge in [0.2, 0.25) is 0 Å². The molecule has 1 unspecified atom stereocenters. The standard InChI is InChI=1S/C26H22ClNO3/c1-17(18-8-4-2-5-9-18)14-28-15-22-25-21(12-23(27)26(22)30-16-28)20(13-24(29)31-25)19-10-6-3-7-11-19/h2-13,17H,14-16H2,1H3. The van der Waals surface area contributed by atoms with Crippen molar-refractivity contribution in [3.05, 3.63) is 99.4 Å². The van der Waals surface area contributed by atoms with E-state index in [2.05, 4.69) is 36.1 Å². The Morgan fingerprint density at radius 1 is 1.03 bits per heavy atom. The van der Waals surface area contributed by atoms with Crippen LogP contribution in [0.3, 0.4) is 0 Å². The van der Waals surface area contributed by atoms with E-state index in [9.17, 15) is 4.79 Å². The van der Waals surface area contributed by atoms with Crippen LogP contribution in [0.5, 0.6) is 5.75 Å². The minimum absolute atomic E-state index is 0.337. The Morgan fingerprint density at radius 3 is 2.48 bits per heavy atom. The average Bonchev–Trinajstić information content (AvgIpc) is 2.80. The highest BCUT2D eigenvalue weighted by atomic mass is 35.5. The predicted molar refractivity (Wildman–Crippen MR) is 124 cm³/mol. The first-order valence-corrected chi connectivity index (χ1v) is 10.7. The van der Waals surface area contributed by atoms with Gasteiger partial charge in [0.15, 0.2) is 0 Å². The summed E-state index contributed by atoms with van der Waals surface area (Å²) in [6, 6.07) is 23.6. The molecule has 1 atom stereocenters. The van der Waals surface area contributed by atoms with E-state index in [0.29, 0.717) is 35.5 Å². The molecule has 2 heterocycles. The Morgan fingerprint density at radius 2 is 1.74 bits per heavy atom. The molecule has 0 spiro atoms. The Kier molecular flexibility index (Phi) is 5.26. The van der Waals surface area contributed by atoms with Gasteiger partial charge in [-0.15, -0.1) is 0 Å². The largest absolute Gasteiger partial charge is 0.476 e. The molecule has 1 aliphatic rings. The summed E-state index contributed by atoms with van der Waals surface area (Å²) in [5, 5.41) is 1.35. The number of rotatable bonds is 4. The molecule has 4 nitrogen and oxygen atoms in total. The molecule has 0 N–H and O–H groups in total. The van der Waals surface area contributed by atoms with Crippen LogP contribution in [0.1, 0.15) is 24.0 Å². The predicted octanol–water partition coefficient (Wildman–Crippen LogP) is 6.07. The van der Waals surface area contributed by atoms with E-state index in [0.717, 1.165) is 28.6 Å². The third kappa shape index (κ3) is 3.85. The summed E-state index contributed by atoms with van der Waals surface area (Å²) < 4.78 is 11.7. The monoisotopic (exact) mass is 431 g/mol. The molecule has 0 amide bonds. The Bertz CT molecular complexity index is 1290. The highest BCUT2D eigenvalue weighted by Gasteiger charge is 2.26. The molecule has 0 saturated carbocycles. The fourth-order valence-corrected chi connectivity index (χ4v) is 4.56. The first-order valence-electron chi connectivity index (χ1n) is 10.3. The molecule has 4 aromatic rings. The number of hydrogen-bond donors (Lipinski definition) is 0. The third-order valence-corrected chi connectivity index (χ3v) is 6.08. The van der Waals surface area contributed by atoms with Gasteiger partial charge in [-0.25, -0.2) is 4.79 Å². The van der Waals surface area contributed by atoms with Crippen LogP contribution in [0.15, 0.2) is 82.0 Å². The van der Waals surface area contributed by atoms with Crippen molar-refractivity contribution in [1.29, 1.82) is 0 Å². The zero-order chi connectivity index (χ0) is 21.4. The highest BCUT2D eigenvalue weighted by Crippen LogP contribution is 2.41. The molecule has 3 aromatic carbocycles. The lowest BCUT2D eigenvalue weighted by Gasteiger charge is -2.31. The van der Waals surface area contributed by atoms with E-state index in [1.165, 1.54) is 11.6 Å². The molecular formula is C26H22ClNO3. The summed E-state index contributed by atoms with van der Waals surface area (Å²) in [7, 11) is 0. The van der Waals surface area contributed by atoms with Gasteiger partial charge in [0.25, 0.3) is 0 Å². The minimum Gasteiger partial charge on any atom is -0.476 e. The van der Waals surface area contributed by atoms with Crippen LogP contribution in [0, 0.1) is 0 Å². The van der Waals surface area contributed by atoms with Gasteiger partial charge in [-0.05, 0) is 28.7 Å². The molecule has 0 aliphatic carbocycles. The molecule has 1 aromatic heterocycles. The highest BCUT2D eigenvalue weighted by molar-refractivity contribution is 6.33. The van der Waals surface area contributed by atoms with Crippen molar-refractivity contribution in [2.75, 3.05) is 13.3 Å². The summed E-state index contributed by atoms with van der Waals surface area (Å²) in [5.41, 5.74) is 4.02. The number of ether oxygens (including phenoxy) is 1. The fourth-order valence-electron chi connectivity index (χ4n) is 4.28. The number of fused-ring (bicyclic) bond motifs is 3. The second-order valence-electron chi connectivity index (χ2n) is 7.98. The van der Waals surface area contributed by atoms with Gasteiger partial charge < -0.3 is 9.15 Å². The molecule has 31 heavy (non-hydrogen) atoms. The van der Waals surface area contributed by atoms with Crippen LogP contribution in [0.2, 0.25) is 5.02 Å². The summed E-state index contributed by atoms with van der Waals surface area (Å²) in [6.07, 6.45) is 0.